The molecular formula is C31H36ClN3O2. The second-order valence-electron chi connectivity index (χ2n) is 9.93. The summed E-state index contributed by atoms with van der Waals surface area (Å²) in [4.78, 5) is 13.4. The van der Waals surface area contributed by atoms with Crippen molar-refractivity contribution in [1.82, 2.24) is 9.88 Å². The molecular weight excluding hydrogens is 482 g/mol. The predicted octanol–water partition coefficient (Wildman–Crippen LogP) is 6.03. The second-order valence-corrected chi connectivity index (χ2v) is 9.93. The molecule has 3 aromatic carbocycles. The van der Waals surface area contributed by atoms with Gasteiger partial charge in [-0.25, -0.2) is 0 Å². The molecule has 37 heavy (non-hydrogen) atoms. The van der Waals surface area contributed by atoms with Crippen LogP contribution in [0.25, 0.3) is 10.9 Å². The van der Waals surface area contributed by atoms with Crippen LogP contribution in [-0.2, 0) is 11.3 Å². The summed E-state index contributed by atoms with van der Waals surface area (Å²) in [6.07, 6.45) is 6.46. The molecule has 1 unspecified atom stereocenters. The van der Waals surface area contributed by atoms with Crippen LogP contribution in [-0.4, -0.2) is 29.7 Å². The fourth-order valence-corrected chi connectivity index (χ4v) is 5.46. The Kier molecular flexibility index (Phi) is 8.91. The van der Waals surface area contributed by atoms with E-state index in [2.05, 4.69) is 76.7 Å². The molecule has 0 spiro atoms. The summed E-state index contributed by atoms with van der Waals surface area (Å²) in [5.41, 5.74) is 10.7. The lowest BCUT2D eigenvalue weighted by Gasteiger charge is -2.27. The van der Waals surface area contributed by atoms with Gasteiger partial charge in [0.2, 0.25) is 5.91 Å². The van der Waals surface area contributed by atoms with Crippen LogP contribution in [0.2, 0.25) is 0 Å². The summed E-state index contributed by atoms with van der Waals surface area (Å²) in [5.74, 6) is 0.795. The zero-order valence-electron chi connectivity index (χ0n) is 21.3. The van der Waals surface area contributed by atoms with E-state index in [4.69, 9.17) is 10.5 Å². The third kappa shape index (κ3) is 6.35. The van der Waals surface area contributed by atoms with Gasteiger partial charge < -0.3 is 20.4 Å². The van der Waals surface area contributed by atoms with Crippen molar-refractivity contribution in [2.45, 2.75) is 56.7 Å². The normalized spacial score (nSPS) is 18.1. The van der Waals surface area contributed by atoms with Gasteiger partial charge in [-0.2, -0.15) is 0 Å². The Morgan fingerprint density at radius 3 is 2.49 bits per heavy atom. The summed E-state index contributed by atoms with van der Waals surface area (Å²) >= 11 is 0. The molecule has 5 rings (SSSR count). The van der Waals surface area contributed by atoms with Crippen LogP contribution in [0.1, 0.15) is 54.7 Å². The smallest absolute Gasteiger partial charge is 0.221 e. The van der Waals surface area contributed by atoms with Gasteiger partial charge in [0, 0.05) is 48.1 Å². The van der Waals surface area contributed by atoms with Gasteiger partial charge in [-0.3, -0.25) is 4.79 Å². The number of nitrogens with two attached hydrogens (primary N) is 1. The van der Waals surface area contributed by atoms with Gasteiger partial charge in [-0.1, -0.05) is 60.7 Å². The highest BCUT2D eigenvalue weighted by Gasteiger charge is 2.26. The number of hydrogen-bond donors (Lipinski definition) is 2. The Morgan fingerprint density at radius 2 is 1.73 bits per heavy atom. The predicted molar refractivity (Wildman–Crippen MR) is 153 cm³/mol. The number of methoxy groups -OCH3 is 1. The maximum atomic E-state index is 13.4. The molecule has 5 nitrogen and oxygen atoms in total. The molecule has 4 aromatic rings. The van der Waals surface area contributed by atoms with E-state index in [0.717, 1.165) is 49.1 Å². The number of rotatable bonds is 8. The number of amides is 1. The first-order valence-corrected chi connectivity index (χ1v) is 12.9. The SMILES string of the molecule is COc1cccc(C(CC(=O)NC2CCC(N)CC2)c2cn(Cc3ccccc3)c3ccccc23)c1.Cl. The minimum Gasteiger partial charge on any atom is -0.497 e. The lowest BCUT2D eigenvalue weighted by Crippen LogP contribution is -2.40. The minimum atomic E-state index is -0.0899. The van der Waals surface area contributed by atoms with Crippen LogP contribution in [0.3, 0.4) is 0 Å². The zero-order chi connectivity index (χ0) is 24.9. The minimum absolute atomic E-state index is 0. The van der Waals surface area contributed by atoms with Gasteiger partial charge in [-0.05, 0) is 60.6 Å². The number of para-hydroxylation sites is 1. The Morgan fingerprint density at radius 1 is 1.00 bits per heavy atom. The van der Waals surface area contributed by atoms with Crippen molar-refractivity contribution in [1.29, 1.82) is 0 Å². The number of carbonyl (C=O) groups excluding carboxylic acids is 1. The van der Waals surface area contributed by atoms with Gasteiger partial charge in [0.15, 0.2) is 0 Å². The Hall–Kier alpha value is -3.28. The number of nitrogens with zero attached hydrogens (tertiary/aromatic N) is 1. The average molecular weight is 518 g/mol. The van der Waals surface area contributed by atoms with Crippen molar-refractivity contribution in [2.75, 3.05) is 7.11 Å². The third-order valence-electron chi connectivity index (χ3n) is 7.41. The highest BCUT2D eigenvalue weighted by atomic mass is 35.5. The first-order chi connectivity index (χ1) is 17.6. The van der Waals surface area contributed by atoms with E-state index in [1.54, 1.807) is 7.11 Å². The topological polar surface area (TPSA) is 69.3 Å². The molecule has 0 radical (unpaired) electrons. The van der Waals surface area contributed by atoms with E-state index in [1.807, 2.05) is 18.2 Å². The molecule has 1 aliphatic carbocycles. The van der Waals surface area contributed by atoms with Gasteiger partial charge in [0.1, 0.15) is 5.75 Å². The van der Waals surface area contributed by atoms with Crippen LogP contribution in [0.15, 0.2) is 85.1 Å². The molecule has 1 saturated carbocycles. The number of aromatic nitrogens is 1. The molecule has 0 saturated heterocycles. The molecule has 1 aliphatic rings. The van der Waals surface area contributed by atoms with Crippen LogP contribution in [0.5, 0.6) is 5.75 Å². The molecule has 6 heteroatoms. The Balaban J connectivity index is 0.00000320. The highest BCUT2D eigenvalue weighted by Crippen LogP contribution is 2.36. The number of fused-ring (bicyclic) bond motifs is 1. The molecule has 1 fully saturated rings. The van der Waals surface area contributed by atoms with Crippen molar-refractivity contribution in [3.05, 3.63) is 102 Å². The van der Waals surface area contributed by atoms with Crippen LogP contribution in [0, 0.1) is 0 Å². The van der Waals surface area contributed by atoms with Crippen LogP contribution < -0.4 is 15.8 Å². The van der Waals surface area contributed by atoms with Gasteiger partial charge in [0.05, 0.1) is 7.11 Å². The molecule has 1 heterocycles. The van der Waals surface area contributed by atoms with Crippen molar-refractivity contribution in [3.8, 4) is 5.75 Å². The number of nitrogens with one attached hydrogen (secondary N) is 1. The third-order valence-corrected chi connectivity index (χ3v) is 7.41. The summed E-state index contributed by atoms with van der Waals surface area (Å²) in [6.45, 7) is 0.778. The number of ether oxygens (including phenoxy) is 1. The maximum Gasteiger partial charge on any atom is 0.221 e. The number of carbonyl (C=O) groups is 1. The highest BCUT2D eigenvalue weighted by molar-refractivity contribution is 5.87. The average Bonchev–Trinajstić information content (AvgIpc) is 3.27. The number of benzene rings is 3. The second kappa shape index (κ2) is 12.3. The maximum absolute atomic E-state index is 13.4. The summed E-state index contributed by atoms with van der Waals surface area (Å²) in [7, 11) is 1.68. The van der Waals surface area contributed by atoms with E-state index >= 15 is 0 Å². The monoisotopic (exact) mass is 517 g/mol. The lowest BCUT2D eigenvalue weighted by molar-refractivity contribution is -0.122. The van der Waals surface area contributed by atoms with E-state index in [-0.39, 0.29) is 36.3 Å². The number of halogens is 1. The molecule has 0 bridgehead atoms. The van der Waals surface area contributed by atoms with Crippen molar-refractivity contribution < 1.29 is 9.53 Å². The van der Waals surface area contributed by atoms with Gasteiger partial charge >= 0.3 is 0 Å². The number of hydrogen-bond acceptors (Lipinski definition) is 3. The molecule has 194 valence electrons. The van der Waals surface area contributed by atoms with Crippen LogP contribution in [0.4, 0.5) is 0 Å². The van der Waals surface area contributed by atoms with E-state index < -0.39 is 0 Å². The summed E-state index contributed by atoms with van der Waals surface area (Å²) < 4.78 is 7.83. The van der Waals surface area contributed by atoms with Crippen LogP contribution >= 0.6 is 12.4 Å². The van der Waals surface area contributed by atoms with E-state index in [0.29, 0.717) is 6.42 Å². The standard InChI is InChI=1S/C31H35N3O2.ClH/c1-36-26-11-7-10-23(18-26)28(19-31(35)33-25-16-14-24(32)15-17-25)29-21-34(20-22-8-3-2-4-9-22)30-13-6-5-12-27(29)30;/h2-13,18,21,24-25,28H,14-17,19-20,32H2,1H3,(H,33,35);1H. The van der Waals surface area contributed by atoms with E-state index in [9.17, 15) is 4.79 Å². The fourth-order valence-electron chi connectivity index (χ4n) is 5.46. The summed E-state index contributed by atoms with van der Waals surface area (Å²) in [6, 6.07) is 27.6. The fraction of sp³-hybridized carbons (Fsp3) is 0.323. The zero-order valence-corrected chi connectivity index (χ0v) is 22.1. The quantitative estimate of drug-likeness (QED) is 0.300. The first-order valence-electron chi connectivity index (χ1n) is 12.9. The first kappa shape index (κ1) is 26.8. The van der Waals surface area contributed by atoms with Crippen molar-refractivity contribution in [2.24, 2.45) is 5.73 Å². The van der Waals surface area contributed by atoms with Gasteiger partial charge in [0.25, 0.3) is 0 Å². The Labute approximate surface area is 225 Å². The molecule has 1 amide bonds. The largest absolute Gasteiger partial charge is 0.497 e. The molecule has 0 aliphatic heterocycles. The van der Waals surface area contributed by atoms with Gasteiger partial charge in [-0.15, -0.1) is 12.4 Å². The lowest BCUT2D eigenvalue weighted by atomic mass is 9.87. The molecule has 1 atom stereocenters. The van der Waals surface area contributed by atoms with Crippen molar-refractivity contribution in [3.63, 3.8) is 0 Å². The van der Waals surface area contributed by atoms with Crippen molar-refractivity contribution >= 4 is 29.2 Å². The molecule has 3 N–H and O–H groups in total. The van der Waals surface area contributed by atoms with E-state index in [1.165, 1.54) is 16.5 Å². The molecule has 1 aromatic heterocycles. The Bertz CT molecular complexity index is 1310. The summed E-state index contributed by atoms with van der Waals surface area (Å²) in [5, 5.41) is 4.48.